The van der Waals surface area contributed by atoms with Gasteiger partial charge in [0, 0.05) is 30.0 Å². The molecule has 0 atom stereocenters. The van der Waals surface area contributed by atoms with Gasteiger partial charge in [0.15, 0.2) is 0 Å². The Morgan fingerprint density at radius 3 is 2.81 bits per heavy atom. The van der Waals surface area contributed by atoms with Gasteiger partial charge in [0.1, 0.15) is 10.1 Å². The lowest BCUT2D eigenvalue weighted by Gasteiger charge is -2.14. The molecule has 0 aliphatic carbocycles. The van der Waals surface area contributed by atoms with Gasteiger partial charge in [0.25, 0.3) is 11.6 Å². The molecular weight excluding hydrogens is 458 g/mol. The lowest BCUT2D eigenvalue weighted by Crippen LogP contribution is -2.29. The van der Waals surface area contributed by atoms with Crippen molar-refractivity contribution in [2.45, 2.75) is 25.7 Å². The molecule has 0 radical (unpaired) electrons. The molecule has 31 heavy (non-hydrogen) atoms. The summed E-state index contributed by atoms with van der Waals surface area (Å²) in [6.07, 6.45) is 4.00. The number of phenols is 1. The van der Waals surface area contributed by atoms with Crippen LogP contribution in [0.1, 0.15) is 30.6 Å². The SMILES string of the molecule is O=C(CCCCCN1C(=O)/C(=C/c2cccs2)SC1=S)Nc1cc([N+](=O)[O-])ccc1O. The Morgan fingerprint density at radius 1 is 1.29 bits per heavy atom. The number of hydrogen-bond acceptors (Lipinski definition) is 8. The third kappa shape index (κ3) is 6.12. The minimum absolute atomic E-state index is 0.00861. The number of thiocarbonyl (C=S) groups is 1. The molecule has 1 aliphatic heterocycles. The molecule has 3 rings (SSSR count). The van der Waals surface area contributed by atoms with Gasteiger partial charge in [-0.1, -0.05) is 36.5 Å². The molecule has 11 heteroatoms. The van der Waals surface area contributed by atoms with E-state index in [9.17, 15) is 24.8 Å². The second kappa shape index (κ2) is 10.5. The number of rotatable bonds is 9. The number of nitro groups is 1. The summed E-state index contributed by atoms with van der Waals surface area (Å²) >= 11 is 8.17. The van der Waals surface area contributed by atoms with Gasteiger partial charge in [-0.25, -0.2) is 0 Å². The van der Waals surface area contributed by atoms with E-state index < -0.39 is 4.92 Å². The number of amides is 2. The number of carbonyl (C=O) groups excluding carboxylic acids is 2. The average molecular weight is 478 g/mol. The smallest absolute Gasteiger partial charge is 0.271 e. The summed E-state index contributed by atoms with van der Waals surface area (Å²) in [6.45, 7) is 0.486. The molecule has 1 aliphatic rings. The number of hydrogen-bond donors (Lipinski definition) is 2. The van der Waals surface area contributed by atoms with E-state index in [2.05, 4.69) is 5.32 Å². The van der Waals surface area contributed by atoms with Crippen LogP contribution in [-0.2, 0) is 9.59 Å². The summed E-state index contributed by atoms with van der Waals surface area (Å²) in [5, 5.41) is 25.0. The van der Waals surface area contributed by atoms with Gasteiger partial charge >= 0.3 is 0 Å². The first-order valence-electron chi connectivity index (χ1n) is 9.41. The Morgan fingerprint density at radius 2 is 2.10 bits per heavy atom. The van der Waals surface area contributed by atoms with Gasteiger partial charge in [-0.3, -0.25) is 24.6 Å². The number of carbonyl (C=O) groups is 2. The number of thiophene rings is 1. The second-order valence-corrected chi connectivity index (χ2v) is 9.32. The zero-order valence-electron chi connectivity index (χ0n) is 16.3. The largest absolute Gasteiger partial charge is 0.506 e. The van der Waals surface area contributed by atoms with Gasteiger partial charge in [0.2, 0.25) is 5.91 Å². The van der Waals surface area contributed by atoms with Crippen LogP contribution in [0.25, 0.3) is 6.08 Å². The Bertz CT molecular complexity index is 1040. The van der Waals surface area contributed by atoms with Gasteiger partial charge in [-0.2, -0.15) is 0 Å². The number of thioether (sulfide) groups is 1. The number of non-ortho nitro benzene ring substituents is 1. The fourth-order valence-corrected chi connectivity index (χ4v) is 4.91. The van der Waals surface area contributed by atoms with Crippen LogP contribution in [0.2, 0.25) is 0 Å². The number of aromatic hydroxyl groups is 1. The summed E-state index contributed by atoms with van der Waals surface area (Å²) in [5.74, 6) is -0.675. The molecule has 1 aromatic carbocycles. The molecule has 2 N–H and O–H groups in total. The zero-order chi connectivity index (χ0) is 22.4. The molecule has 1 saturated heterocycles. The highest BCUT2D eigenvalue weighted by Gasteiger charge is 2.31. The lowest BCUT2D eigenvalue weighted by molar-refractivity contribution is -0.384. The molecular formula is C20H19N3O5S3. The predicted octanol–water partition coefficient (Wildman–Crippen LogP) is 4.76. The van der Waals surface area contributed by atoms with Gasteiger partial charge < -0.3 is 10.4 Å². The third-order valence-corrected chi connectivity index (χ3v) is 6.64. The Hall–Kier alpha value is -2.76. The molecule has 0 spiro atoms. The van der Waals surface area contributed by atoms with E-state index >= 15 is 0 Å². The van der Waals surface area contributed by atoms with Crippen LogP contribution >= 0.6 is 35.3 Å². The van der Waals surface area contributed by atoms with Crippen molar-refractivity contribution in [2.75, 3.05) is 11.9 Å². The van der Waals surface area contributed by atoms with E-state index in [1.807, 2.05) is 23.6 Å². The third-order valence-electron chi connectivity index (χ3n) is 4.44. The first kappa shape index (κ1) is 22.9. The molecule has 0 unspecified atom stereocenters. The normalized spacial score (nSPS) is 15.0. The van der Waals surface area contributed by atoms with Crippen LogP contribution in [0.5, 0.6) is 5.75 Å². The first-order valence-corrected chi connectivity index (χ1v) is 11.5. The van der Waals surface area contributed by atoms with Gasteiger partial charge in [-0.05, 0) is 36.4 Å². The second-order valence-electron chi connectivity index (χ2n) is 6.67. The maximum Gasteiger partial charge on any atom is 0.271 e. The number of benzene rings is 1. The average Bonchev–Trinajstić information content (AvgIpc) is 3.32. The van der Waals surface area contributed by atoms with E-state index in [0.29, 0.717) is 35.0 Å². The Kier molecular flexibility index (Phi) is 7.77. The molecule has 1 fully saturated rings. The van der Waals surface area contributed by atoms with Crippen molar-refractivity contribution in [3.63, 3.8) is 0 Å². The summed E-state index contributed by atoms with van der Waals surface area (Å²) in [4.78, 5) is 38.0. The topological polar surface area (TPSA) is 113 Å². The summed E-state index contributed by atoms with van der Waals surface area (Å²) in [7, 11) is 0. The fraction of sp³-hybridized carbons (Fsp3) is 0.250. The molecule has 1 aromatic heterocycles. The van der Waals surface area contributed by atoms with Crippen molar-refractivity contribution in [3.8, 4) is 5.75 Å². The van der Waals surface area contributed by atoms with Crippen molar-refractivity contribution in [1.82, 2.24) is 4.90 Å². The number of nitrogens with one attached hydrogen (secondary N) is 1. The van der Waals surface area contributed by atoms with Crippen LogP contribution in [0.15, 0.2) is 40.6 Å². The van der Waals surface area contributed by atoms with Crippen LogP contribution in [-0.4, -0.2) is 37.6 Å². The minimum Gasteiger partial charge on any atom is -0.506 e. The van der Waals surface area contributed by atoms with E-state index in [1.165, 1.54) is 17.8 Å². The van der Waals surface area contributed by atoms with Crippen molar-refractivity contribution < 1.29 is 19.6 Å². The van der Waals surface area contributed by atoms with Crippen molar-refractivity contribution in [2.24, 2.45) is 0 Å². The molecule has 8 nitrogen and oxygen atoms in total. The highest BCUT2D eigenvalue weighted by Crippen LogP contribution is 2.33. The summed E-state index contributed by atoms with van der Waals surface area (Å²) in [6, 6.07) is 7.31. The quantitative estimate of drug-likeness (QED) is 0.134. The molecule has 0 saturated carbocycles. The van der Waals surface area contributed by atoms with Crippen molar-refractivity contribution >= 4 is 68.9 Å². The molecule has 0 bridgehead atoms. The van der Waals surface area contributed by atoms with E-state index in [4.69, 9.17) is 12.2 Å². The number of unbranched alkanes of at least 4 members (excludes halogenated alkanes) is 2. The van der Waals surface area contributed by atoms with E-state index in [0.717, 1.165) is 17.0 Å². The summed E-state index contributed by atoms with van der Waals surface area (Å²) in [5.41, 5.74) is -0.209. The number of nitrogens with zero attached hydrogens (tertiary/aromatic N) is 2. The van der Waals surface area contributed by atoms with Gasteiger partial charge in [0.05, 0.1) is 15.5 Å². The van der Waals surface area contributed by atoms with Gasteiger partial charge in [-0.15, -0.1) is 11.3 Å². The number of nitro benzene ring substituents is 1. The monoisotopic (exact) mass is 477 g/mol. The maximum absolute atomic E-state index is 12.5. The van der Waals surface area contributed by atoms with Crippen LogP contribution < -0.4 is 5.32 Å². The number of anilines is 1. The standard InChI is InChI=1S/C20H19N3O5S3/c24-16-8-7-13(23(27)28)11-15(16)21-18(25)6-2-1-3-9-22-19(26)17(31-20(22)29)12-14-5-4-10-30-14/h4-5,7-8,10-12,24H,1-3,6,9H2,(H,21,25)/b17-12-. The molecule has 2 amide bonds. The molecule has 2 aromatic rings. The Labute approximate surface area is 192 Å². The maximum atomic E-state index is 12.5. The molecule has 2 heterocycles. The van der Waals surface area contributed by atoms with Crippen molar-refractivity contribution in [1.29, 1.82) is 0 Å². The Balaban J connectivity index is 1.42. The minimum atomic E-state index is -0.599. The zero-order valence-corrected chi connectivity index (χ0v) is 18.7. The van der Waals surface area contributed by atoms with Crippen LogP contribution in [0.4, 0.5) is 11.4 Å². The predicted molar refractivity (Wildman–Crippen MR) is 126 cm³/mol. The van der Waals surface area contributed by atoms with Crippen molar-refractivity contribution in [3.05, 3.63) is 55.6 Å². The highest BCUT2D eigenvalue weighted by atomic mass is 32.2. The van der Waals surface area contributed by atoms with Crippen LogP contribution in [0.3, 0.4) is 0 Å². The van der Waals surface area contributed by atoms with E-state index in [-0.39, 0.29) is 35.4 Å². The first-order chi connectivity index (χ1) is 14.8. The lowest BCUT2D eigenvalue weighted by atomic mass is 10.1. The highest BCUT2D eigenvalue weighted by molar-refractivity contribution is 8.26. The summed E-state index contributed by atoms with van der Waals surface area (Å²) < 4.78 is 0.534. The van der Waals surface area contributed by atoms with Crippen LogP contribution in [0, 0.1) is 10.1 Å². The number of phenolic OH excluding ortho intramolecular Hbond substituents is 1. The van der Waals surface area contributed by atoms with E-state index in [1.54, 1.807) is 16.2 Å². The fourth-order valence-electron chi connectivity index (χ4n) is 2.88. The molecule has 162 valence electrons.